The molecule has 0 aromatic carbocycles. The van der Waals surface area contributed by atoms with Crippen LogP contribution in [0.25, 0.3) is 33.9 Å². The molecule has 0 bridgehead atoms. The molecule has 5 rings (SSSR count). The van der Waals surface area contributed by atoms with Crippen molar-refractivity contribution in [3.8, 4) is 33.9 Å². The van der Waals surface area contributed by atoms with Gasteiger partial charge < -0.3 is 9.73 Å². The number of aromatic nitrogens is 5. The lowest BCUT2D eigenvalue weighted by atomic mass is 10.1. The lowest BCUT2D eigenvalue weighted by molar-refractivity contribution is 0.343. The summed E-state index contributed by atoms with van der Waals surface area (Å²) in [4.78, 5) is 12.9. The summed E-state index contributed by atoms with van der Waals surface area (Å²) in [5.74, 6) is 1.23. The smallest absolute Gasteiger partial charge is 0.228 e. The van der Waals surface area contributed by atoms with Crippen LogP contribution in [0.1, 0.15) is 18.9 Å². The SMILES string of the molecule is c1cncc(-c2cnc(-c3cncc(-c4cnn(C5CCNCC5)c4)c3)o2)c1. The Labute approximate surface area is 162 Å². The first-order chi connectivity index (χ1) is 13.9. The molecule has 5 heterocycles. The van der Waals surface area contributed by atoms with Gasteiger partial charge in [-0.25, -0.2) is 4.98 Å². The van der Waals surface area contributed by atoms with E-state index in [1.807, 2.05) is 30.6 Å². The maximum atomic E-state index is 5.93. The molecular weight excluding hydrogens is 352 g/mol. The zero-order valence-corrected chi connectivity index (χ0v) is 15.3. The molecule has 1 saturated heterocycles. The predicted molar refractivity (Wildman–Crippen MR) is 105 cm³/mol. The van der Waals surface area contributed by atoms with Crippen LogP contribution in [-0.4, -0.2) is 37.8 Å². The van der Waals surface area contributed by atoms with Crippen molar-refractivity contribution in [1.29, 1.82) is 0 Å². The quantitative estimate of drug-likeness (QED) is 0.590. The van der Waals surface area contributed by atoms with Gasteiger partial charge in [0, 0.05) is 47.7 Å². The number of hydrogen-bond donors (Lipinski definition) is 1. The number of hydrogen-bond acceptors (Lipinski definition) is 6. The first-order valence-electron chi connectivity index (χ1n) is 9.44. The minimum absolute atomic E-state index is 0.458. The zero-order valence-electron chi connectivity index (χ0n) is 15.3. The molecule has 0 radical (unpaired) electrons. The van der Waals surface area contributed by atoms with E-state index < -0.39 is 0 Å². The maximum absolute atomic E-state index is 5.93. The molecule has 1 aliphatic rings. The van der Waals surface area contributed by atoms with Crippen molar-refractivity contribution in [2.45, 2.75) is 18.9 Å². The monoisotopic (exact) mass is 372 g/mol. The highest BCUT2D eigenvalue weighted by atomic mass is 16.4. The zero-order chi connectivity index (χ0) is 18.8. The van der Waals surface area contributed by atoms with Crippen LogP contribution in [0.15, 0.2) is 66.0 Å². The molecule has 0 saturated carbocycles. The molecule has 4 aromatic rings. The van der Waals surface area contributed by atoms with Gasteiger partial charge in [-0.15, -0.1) is 0 Å². The second-order valence-electron chi connectivity index (χ2n) is 6.92. The van der Waals surface area contributed by atoms with E-state index >= 15 is 0 Å². The van der Waals surface area contributed by atoms with Crippen LogP contribution < -0.4 is 5.32 Å². The summed E-state index contributed by atoms with van der Waals surface area (Å²) in [6, 6.07) is 6.32. The average Bonchev–Trinajstić information content (AvgIpc) is 3.46. The third kappa shape index (κ3) is 3.32. The van der Waals surface area contributed by atoms with Crippen molar-refractivity contribution in [3.63, 3.8) is 0 Å². The minimum atomic E-state index is 0.458. The number of rotatable bonds is 4. The Morgan fingerprint density at radius 2 is 1.79 bits per heavy atom. The molecule has 7 nitrogen and oxygen atoms in total. The summed E-state index contributed by atoms with van der Waals surface area (Å²) in [6.07, 6.45) is 15.0. The molecule has 1 fully saturated rings. The topological polar surface area (TPSA) is 81.7 Å². The molecule has 7 heteroatoms. The fourth-order valence-electron chi connectivity index (χ4n) is 3.52. The Kier molecular flexibility index (Phi) is 4.42. The van der Waals surface area contributed by atoms with Gasteiger partial charge in [-0.2, -0.15) is 5.10 Å². The largest absolute Gasteiger partial charge is 0.436 e. The van der Waals surface area contributed by atoms with Crippen LogP contribution >= 0.6 is 0 Å². The normalized spacial score (nSPS) is 15.0. The van der Waals surface area contributed by atoms with Crippen molar-refractivity contribution in [1.82, 2.24) is 30.0 Å². The molecule has 0 amide bonds. The van der Waals surface area contributed by atoms with Gasteiger partial charge in [-0.1, -0.05) is 0 Å². The summed E-state index contributed by atoms with van der Waals surface area (Å²) in [5.41, 5.74) is 3.78. The molecule has 0 unspecified atom stereocenters. The van der Waals surface area contributed by atoms with E-state index in [0.29, 0.717) is 17.7 Å². The van der Waals surface area contributed by atoms with Crippen LogP contribution in [0.3, 0.4) is 0 Å². The van der Waals surface area contributed by atoms with Crippen LogP contribution in [0.4, 0.5) is 0 Å². The molecule has 28 heavy (non-hydrogen) atoms. The number of oxazole rings is 1. The Balaban J connectivity index is 1.41. The van der Waals surface area contributed by atoms with Gasteiger partial charge >= 0.3 is 0 Å². The third-order valence-electron chi connectivity index (χ3n) is 5.05. The molecule has 1 N–H and O–H groups in total. The third-order valence-corrected chi connectivity index (χ3v) is 5.05. The van der Waals surface area contributed by atoms with Gasteiger partial charge in [0.15, 0.2) is 5.76 Å². The summed E-state index contributed by atoms with van der Waals surface area (Å²) >= 11 is 0. The predicted octanol–water partition coefficient (Wildman–Crippen LogP) is 3.59. The van der Waals surface area contributed by atoms with Crippen molar-refractivity contribution in [2.24, 2.45) is 0 Å². The summed E-state index contributed by atoms with van der Waals surface area (Å²) in [6.45, 7) is 2.08. The number of nitrogens with one attached hydrogen (secondary N) is 1. The molecule has 4 aromatic heterocycles. The highest BCUT2D eigenvalue weighted by Gasteiger charge is 2.16. The maximum Gasteiger partial charge on any atom is 0.228 e. The molecule has 0 spiro atoms. The van der Waals surface area contributed by atoms with Crippen LogP contribution in [0.2, 0.25) is 0 Å². The Bertz CT molecular complexity index is 1070. The molecular formula is C21H20N6O. The van der Waals surface area contributed by atoms with Gasteiger partial charge in [0.05, 0.1) is 24.0 Å². The molecule has 1 aliphatic heterocycles. The van der Waals surface area contributed by atoms with Crippen molar-refractivity contribution < 1.29 is 4.42 Å². The highest BCUT2D eigenvalue weighted by Crippen LogP contribution is 2.29. The minimum Gasteiger partial charge on any atom is -0.436 e. The van der Waals surface area contributed by atoms with Gasteiger partial charge in [0.1, 0.15) is 0 Å². The molecule has 140 valence electrons. The first kappa shape index (κ1) is 16.8. The van der Waals surface area contributed by atoms with Crippen molar-refractivity contribution >= 4 is 0 Å². The standard InChI is InChI=1S/C21H20N6O/c1-2-15(9-23-5-1)20-13-25-21(28-20)17-8-16(10-24-11-17)18-12-26-27(14-18)19-3-6-22-7-4-19/h1-2,5,8-14,19,22H,3-4,6-7H2. The van der Waals surface area contributed by atoms with E-state index in [9.17, 15) is 0 Å². The lowest BCUT2D eigenvalue weighted by Gasteiger charge is -2.22. The van der Waals surface area contributed by atoms with E-state index in [2.05, 4.69) is 36.2 Å². The highest BCUT2D eigenvalue weighted by molar-refractivity contribution is 5.68. The van der Waals surface area contributed by atoms with Gasteiger partial charge in [0.2, 0.25) is 5.89 Å². The average molecular weight is 372 g/mol. The van der Waals surface area contributed by atoms with Crippen molar-refractivity contribution in [3.05, 3.63) is 61.6 Å². The summed E-state index contributed by atoms with van der Waals surface area (Å²) in [5, 5.41) is 7.97. The van der Waals surface area contributed by atoms with E-state index in [4.69, 9.17) is 4.42 Å². The second-order valence-corrected chi connectivity index (χ2v) is 6.92. The lowest BCUT2D eigenvalue weighted by Crippen LogP contribution is -2.29. The van der Waals surface area contributed by atoms with Gasteiger partial charge in [-0.05, 0) is 44.1 Å². The second kappa shape index (κ2) is 7.36. The molecule has 0 aliphatic carbocycles. The number of pyridine rings is 2. The Hall–Kier alpha value is -3.32. The fourth-order valence-corrected chi connectivity index (χ4v) is 3.52. The van der Waals surface area contributed by atoms with Gasteiger partial charge in [-0.3, -0.25) is 14.6 Å². The first-order valence-corrected chi connectivity index (χ1v) is 9.44. The van der Waals surface area contributed by atoms with E-state index in [0.717, 1.165) is 48.2 Å². The summed E-state index contributed by atoms with van der Waals surface area (Å²) in [7, 11) is 0. The summed E-state index contributed by atoms with van der Waals surface area (Å²) < 4.78 is 8.01. The fraction of sp³-hybridized carbons (Fsp3) is 0.238. The number of nitrogens with zero attached hydrogens (tertiary/aromatic N) is 5. The van der Waals surface area contributed by atoms with Crippen LogP contribution in [0, 0.1) is 0 Å². The van der Waals surface area contributed by atoms with Crippen molar-refractivity contribution in [2.75, 3.05) is 13.1 Å². The van der Waals surface area contributed by atoms with E-state index in [-0.39, 0.29) is 0 Å². The van der Waals surface area contributed by atoms with E-state index in [1.54, 1.807) is 24.8 Å². The van der Waals surface area contributed by atoms with Crippen LogP contribution in [-0.2, 0) is 0 Å². The van der Waals surface area contributed by atoms with E-state index in [1.165, 1.54) is 0 Å². The number of piperidine rings is 1. The van der Waals surface area contributed by atoms with Crippen LogP contribution in [0.5, 0.6) is 0 Å². The Morgan fingerprint density at radius 3 is 2.64 bits per heavy atom. The van der Waals surface area contributed by atoms with Gasteiger partial charge in [0.25, 0.3) is 0 Å². The molecule has 0 atom stereocenters. The Morgan fingerprint density at radius 1 is 0.929 bits per heavy atom.